The first-order valence-electron chi connectivity index (χ1n) is 6.73. The van der Waals surface area contributed by atoms with Gasteiger partial charge in [0.05, 0.1) is 5.54 Å². The Labute approximate surface area is 120 Å². The average molecular weight is 285 g/mol. The second-order valence-corrected chi connectivity index (χ2v) is 6.46. The Morgan fingerprint density at radius 1 is 1.25 bits per heavy atom. The number of hydrogen-bond donors (Lipinski definition) is 1. The van der Waals surface area contributed by atoms with E-state index in [9.17, 15) is 0 Å². The van der Waals surface area contributed by atoms with Crippen molar-refractivity contribution in [1.82, 2.24) is 19.8 Å². The van der Waals surface area contributed by atoms with Crippen LogP contribution in [-0.2, 0) is 5.54 Å². The summed E-state index contributed by atoms with van der Waals surface area (Å²) in [5, 5.41) is 14.0. The van der Waals surface area contributed by atoms with Crippen LogP contribution in [0.3, 0.4) is 0 Å². The summed E-state index contributed by atoms with van der Waals surface area (Å²) < 4.78 is 1.87. The van der Waals surface area contributed by atoms with E-state index >= 15 is 0 Å². The van der Waals surface area contributed by atoms with E-state index < -0.39 is 5.54 Å². The van der Waals surface area contributed by atoms with Crippen molar-refractivity contribution < 1.29 is 0 Å². The molecular weight excluding hydrogens is 270 g/mol. The first-order chi connectivity index (χ1) is 9.66. The van der Waals surface area contributed by atoms with Crippen molar-refractivity contribution in [2.24, 2.45) is 5.73 Å². The van der Waals surface area contributed by atoms with Gasteiger partial charge in [-0.25, -0.2) is 0 Å². The summed E-state index contributed by atoms with van der Waals surface area (Å²) in [5.41, 5.74) is 6.96. The molecule has 102 valence electrons. The first-order valence-corrected chi connectivity index (χ1v) is 7.55. The molecule has 0 saturated heterocycles. The van der Waals surface area contributed by atoms with Crippen LogP contribution in [-0.4, -0.2) is 19.8 Å². The SMILES string of the molecule is CC(N)(c1ccccc1)c1nn2c(C3CC3)nnc2s1. The zero-order valence-corrected chi connectivity index (χ0v) is 12.0. The molecule has 1 atom stereocenters. The quantitative estimate of drug-likeness (QED) is 0.801. The van der Waals surface area contributed by atoms with Gasteiger partial charge < -0.3 is 5.73 Å². The lowest BCUT2D eigenvalue weighted by atomic mass is 9.94. The minimum absolute atomic E-state index is 0.528. The molecule has 20 heavy (non-hydrogen) atoms. The smallest absolute Gasteiger partial charge is 0.234 e. The zero-order valence-electron chi connectivity index (χ0n) is 11.2. The van der Waals surface area contributed by atoms with Crippen LogP contribution >= 0.6 is 11.3 Å². The van der Waals surface area contributed by atoms with Crippen molar-refractivity contribution in [2.45, 2.75) is 31.2 Å². The predicted molar refractivity (Wildman–Crippen MR) is 77.7 cm³/mol. The minimum Gasteiger partial charge on any atom is -0.316 e. The average Bonchev–Trinajstić information content (AvgIpc) is 3.07. The summed E-state index contributed by atoms with van der Waals surface area (Å²) >= 11 is 1.52. The number of benzene rings is 1. The molecule has 1 aromatic carbocycles. The molecule has 4 rings (SSSR count). The molecule has 1 saturated carbocycles. The molecule has 1 fully saturated rings. The lowest BCUT2D eigenvalue weighted by molar-refractivity contribution is 0.583. The largest absolute Gasteiger partial charge is 0.316 e. The number of hydrogen-bond acceptors (Lipinski definition) is 5. The van der Waals surface area contributed by atoms with E-state index in [4.69, 9.17) is 5.73 Å². The van der Waals surface area contributed by atoms with Gasteiger partial charge in [-0.3, -0.25) is 0 Å². The van der Waals surface area contributed by atoms with E-state index in [2.05, 4.69) is 15.3 Å². The van der Waals surface area contributed by atoms with Gasteiger partial charge in [-0.2, -0.15) is 9.61 Å². The summed E-state index contributed by atoms with van der Waals surface area (Å²) in [4.78, 5) is 0.828. The summed E-state index contributed by atoms with van der Waals surface area (Å²) in [6.07, 6.45) is 2.37. The summed E-state index contributed by atoms with van der Waals surface area (Å²) in [6, 6.07) is 10.0. The summed E-state index contributed by atoms with van der Waals surface area (Å²) in [5.74, 6) is 1.51. The van der Waals surface area contributed by atoms with Crippen molar-refractivity contribution in [3.05, 3.63) is 46.7 Å². The molecule has 0 amide bonds. The maximum atomic E-state index is 6.51. The fraction of sp³-hybridized carbons (Fsp3) is 0.357. The number of nitrogens with two attached hydrogens (primary N) is 1. The van der Waals surface area contributed by atoms with E-state index in [1.54, 1.807) is 0 Å². The number of rotatable bonds is 3. The van der Waals surface area contributed by atoms with Gasteiger partial charge in [-0.05, 0) is 25.3 Å². The van der Waals surface area contributed by atoms with Gasteiger partial charge in [0.2, 0.25) is 4.96 Å². The Morgan fingerprint density at radius 2 is 2.00 bits per heavy atom. The van der Waals surface area contributed by atoms with Crippen LogP contribution in [0.1, 0.15) is 42.1 Å². The second kappa shape index (κ2) is 4.10. The van der Waals surface area contributed by atoms with Crippen LogP contribution in [0.2, 0.25) is 0 Å². The molecule has 0 bridgehead atoms. The number of aromatic nitrogens is 4. The minimum atomic E-state index is -0.604. The molecule has 0 radical (unpaired) electrons. The molecule has 2 heterocycles. The van der Waals surface area contributed by atoms with Gasteiger partial charge in [-0.1, -0.05) is 41.7 Å². The lowest BCUT2D eigenvalue weighted by Crippen LogP contribution is -2.34. The molecule has 5 nitrogen and oxygen atoms in total. The maximum Gasteiger partial charge on any atom is 0.234 e. The predicted octanol–water partition coefficient (Wildman–Crippen LogP) is 2.29. The maximum absolute atomic E-state index is 6.51. The monoisotopic (exact) mass is 285 g/mol. The second-order valence-electron chi connectivity index (χ2n) is 5.50. The zero-order chi connectivity index (χ0) is 13.7. The third-order valence-corrected chi connectivity index (χ3v) is 4.91. The van der Waals surface area contributed by atoms with Crippen molar-refractivity contribution in [2.75, 3.05) is 0 Å². The number of fused-ring (bicyclic) bond motifs is 1. The van der Waals surface area contributed by atoms with E-state index in [-0.39, 0.29) is 0 Å². The molecule has 2 aromatic heterocycles. The Hall–Kier alpha value is -1.79. The molecule has 0 spiro atoms. The normalized spacial score (nSPS) is 18.3. The molecule has 1 unspecified atom stereocenters. The number of nitrogens with zero attached hydrogens (tertiary/aromatic N) is 4. The van der Waals surface area contributed by atoms with E-state index in [0.717, 1.165) is 21.4 Å². The fourth-order valence-electron chi connectivity index (χ4n) is 2.35. The van der Waals surface area contributed by atoms with Gasteiger partial charge in [-0.15, -0.1) is 10.2 Å². The van der Waals surface area contributed by atoms with Crippen molar-refractivity contribution >= 4 is 16.3 Å². The Kier molecular flexibility index (Phi) is 2.46. The molecule has 0 aliphatic heterocycles. The lowest BCUT2D eigenvalue weighted by Gasteiger charge is -2.21. The topological polar surface area (TPSA) is 69.1 Å². The van der Waals surface area contributed by atoms with Crippen molar-refractivity contribution in [3.8, 4) is 0 Å². The molecule has 2 N–H and O–H groups in total. The fourth-order valence-corrected chi connectivity index (χ4v) is 3.27. The highest BCUT2D eigenvalue weighted by molar-refractivity contribution is 7.16. The van der Waals surface area contributed by atoms with Crippen molar-refractivity contribution in [1.29, 1.82) is 0 Å². The third-order valence-electron chi connectivity index (χ3n) is 3.78. The highest BCUT2D eigenvalue weighted by atomic mass is 32.1. The van der Waals surface area contributed by atoms with Crippen LogP contribution in [0.15, 0.2) is 30.3 Å². The Morgan fingerprint density at radius 3 is 2.70 bits per heavy atom. The highest BCUT2D eigenvalue weighted by Gasteiger charge is 2.33. The molecule has 1 aliphatic rings. The molecule has 6 heteroatoms. The summed E-state index contributed by atoms with van der Waals surface area (Å²) in [7, 11) is 0. The van der Waals surface area contributed by atoms with Crippen LogP contribution in [0.25, 0.3) is 4.96 Å². The van der Waals surface area contributed by atoms with Crippen LogP contribution in [0.5, 0.6) is 0 Å². The summed E-state index contributed by atoms with van der Waals surface area (Å²) in [6.45, 7) is 1.99. The molecule has 1 aliphatic carbocycles. The molecular formula is C14H15N5S. The van der Waals surface area contributed by atoms with Crippen LogP contribution in [0.4, 0.5) is 0 Å². The first kappa shape index (κ1) is 12.0. The van der Waals surface area contributed by atoms with Gasteiger partial charge in [0.25, 0.3) is 0 Å². The van der Waals surface area contributed by atoms with Crippen molar-refractivity contribution in [3.63, 3.8) is 0 Å². The van der Waals surface area contributed by atoms with Gasteiger partial charge in [0.15, 0.2) is 5.82 Å². The van der Waals surface area contributed by atoms with Gasteiger partial charge in [0.1, 0.15) is 5.01 Å². The van der Waals surface area contributed by atoms with Gasteiger partial charge >= 0.3 is 0 Å². The van der Waals surface area contributed by atoms with Gasteiger partial charge in [0, 0.05) is 5.92 Å². The Balaban J connectivity index is 1.81. The van der Waals surface area contributed by atoms with E-state index in [1.165, 1.54) is 24.2 Å². The van der Waals surface area contributed by atoms with E-state index in [1.807, 2.05) is 41.8 Å². The standard InChI is InChI=1S/C14H15N5S/c1-14(15,10-5-3-2-4-6-10)12-18-19-11(9-7-8-9)16-17-13(19)20-12/h2-6,9H,7-8,15H2,1H3. The Bertz CT molecular complexity index is 754. The highest BCUT2D eigenvalue weighted by Crippen LogP contribution is 2.40. The van der Waals surface area contributed by atoms with E-state index in [0.29, 0.717) is 5.92 Å². The third kappa shape index (κ3) is 1.76. The van der Waals surface area contributed by atoms with Crippen LogP contribution < -0.4 is 5.73 Å². The van der Waals surface area contributed by atoms with Crippen LogP contribution in [0, 0.1) is 0 Å². The molecule has 3 aromatic rings.